The first-order chi connectivity index (χ1) is 10.1. The molecule has 1 aliphatic rings. The molecule has 0 bridgehead atoms. The number of anilines is 1. The molecule has 1 aliphatic heterocycles. The molecule has 116 valence electrons. The topological polar surface area (TPSA) is 85.0 Å². The van der Waals surface area contributed by atoms with Gasteiger partial charge in [-0.25, -0.2) is 0 Å². The van der Waals surface area contributed by atoms with E-state index in [9.17, 15) is 4.79 Å². The van der Waals surface area contributed by atoms with Crippen LogP contribution in [0, 0.1) is 0 Å². The summed E-state index contributed by atoms with van der Waals surface area (Å²) in [4.78, 5) is 13.2. The van der Waals surface area contributed by atoms with Crippen molar-refractivity contribution >= 4 is 11.7 Å². The van der Waals surface area contributed by atoms with Crippen LogP contribution in [0.3, 0.4) is 0 Å². The van der Waals surface area contributed by atoms with E-state index in [2.05, 4.69) is 4.90 Å². The monoisotopic (exact) mass is 294 g/mol. The van der Waals surface area contributed by atoms with Crippen LogP contribution in [0.25, 0.3) is 0 Å². The number of carboxylic acid groups (broad SMARTS) is 1. The molecule has 0 spiro atoms. The van der Waals surface area contributed by atoms with Gasteiger partial charge in [-0.05, 0) is 18.9 Å². The van der Waals surface area contributed by atoms with Gasteiger partial charge in [0.25, 0.3) is 0 Å². The van der Waals surface area contributed by atoms with Crippen molar-refractivity contribution in [3.8, 4) is 11.5 Å². The maximum atomic E-state index is 10.9. The number of carboxylic acids is 1. The third kappa shape index (κ3) is 3.39. The van der Waals surface area contributed by atoms with Crippen molar-refractivity contribution in [3.63, 3.8) is 0 Å². The fraction of sp³-hybridized carbons (Fsp3) is 0.533. The van der Waals surface area contributed by atoms with E-state index >= 15 is 0 Å². The zero-order valence-electron chi connectivity index (χ0n) is 12.5. The van der Waals surface area contributed by atoms with Gasteiger partial charge >= 0.3 is 5.97 Å². The van der Waals surface area contributed by atoms with Crippen molar-refractivity contribution in [2.24, 2.45) is 5.73 Å². The highest BCUT2D eigenvalue weighted by atomic mass is 16.5. The van der Waals surface area contributed by atoms with E-state index in [4.69, 9.17) is 20.3 Å². The van der Waals surface area contributed by atoms with Crippen molar-refractivity contribution in [2.75, 3.05) is 32.2 Å². The van der Waals surface area contributed by atoms with Gasteiger partial charge in [-0.1, -0.05) is 0 Å². The minimum absolute atomic E-state index is 0.204. The molecule has 1 fully saturated rings. The molecule has 0 amide bonds. The van der Waals surface area contributed by atoms with E-state index in [1.54, 1.807) is 14.2 Å². The van der Waals surface area contributed by atoms with Crippen LogP contribution in [0.15, 0.2) is 12.1 Å². The second-order valence-electron chi connectivity index (χ2n) is 5.18. The molecule has 6 heteroatoms. The minimum atomic E-state index is -1.03. The molecule has 0 radical (unpaired) electrons. The molecule has 21 heavy (non-hydrogen) atoms. The number of hydrogen-bond donors (Lipinski definition) is 2. The number of methoxy groups -OCH3 is 2. The highest BCUT2D eigenvalue weighted by Crippen LogP contribution is 2.37. The lowest BCUT2D eigenvalue weighted by Gasteiger charge is -2.23. The van der Waals surface area contributed by atoms with E-state index in [-0.39, 0.29) is 6.42 Å². The van der Waals surface area contributed by atoms with Crippen molar-refractivity contribution in [1.29, 1.82) is 0 Å². The van der Waals surface area contributed by atoms with Gasteiger partial charge in [-0.15, -0.1) is 0 Å². The Labute approximate surface area is 124 Å². The van der Waals surface area contributed by atoms with Gasteiger partial charge in [0.1, 0.15) is 17.5 Å². The molecular formula is C15H22N2O4. The molecule has 0 saturated carbocycles. The van der Waals surface area contributed by atoms with Crippen LogP contribution in [0.2, 0.25) is 0 Å². The minimum Gasteiger partial charge on any atom is -0.496 e. The first-order valence-corrected chi connectivity index (χ1v) is 7.05. The maximum absolute atomic E-state index is 10.9. The number of nitrogens with two attached hydrogens (primary N) is 1. The molecule has 0 aromatic heterocycles. The van der Waals surface area contributed by atoms with Gasteiger partial charge in [0.15, 0.2) is 0 Å². The largest absolute Gasteiger partial charge is 0.496 e. The third-order valence-corrected chi connectivity index (χ3v) is 3.79. The predicted molar refractivity (Wildman–Crippen MR) is 80.3 cm³/mol. The Morgan fingerprint density at radius 1 is 1.29 bits per heavy atom. The fourth-order valence-corrected chi connectivity index (χ4v) is 2.63. The Morgan fingerprint density at radius 3 is 2.43 bits per heavy atom. The van der Waals surface area contributed by atoms with Crippen LogP contribution in [0.5, 0.6) is 11.5 Å². The number of rotatable bonds is 6. The summed E-state index contributed by atoms with van der Waals surface area (Å²) in [5, 5.41) is 8.96. The first kappa shape index (κ1) is 15.4. The summed E-state index contributed by atoms with van der Waals surface area (Å²) < 4.78 is 10.8. The molecule has 1 aromatic carbocycles. The van der Waals surface area contributed by atoms with Crippen LogP contribution in [-0.4, -0.2) is 44.4 Å². The Balaban J connectivity index is 2.35. The van der Waals surface area contributed by atoms with Gasteiger partial charge in [-0.2, -0.15) is 0 Å². The molecular weight excluding hydrogens is 272 g/mol. The van der Waals surface area contributed by atoms with Gasteiger partial charge in [0, 0.05) is 31.1 Å². The fourth-order valence-electron chi connectivity index (χ4n) is 2.63. The van der Waals surface area contributed by atoms with Gasteiger partial charge in [0.2, 0.25) is 0 Å². The molecule has 0 aliphatic carbocycles. The van der Waals surface area contributed by atoms with Gasteiger partial charge < -0.3 is 25.2 Å². The third-order valence-electron chi connectivity index (χ3n) is 3.79. The highest BCUT2D eigenvalue weighted by molar-refractivity contribution is 5.74. The van der Waals surface area contributed by atoms with E-state index in [1.165, 1.54) is 0 Å². The molecule has 2 rings (SSSR count). The van der Waals surface area contributed by atoms with Gasteiger partial charge in [0.05, 0.1) is 19.9 Å². The lowest BCUT2D eigenvalue weighted by molar-refractivity contribution is -0.138. The molecule has 6 nitrogen and oxygen atoms in total. The molecule has 1 aromatic rings. The number of aliphatic carboxylic acids is 1. The van der Waals surface area contributed by atoms with Crippen LogP contribution in [0.1, 0.15) is 18.4 Å². The summed E-state index contributed by atoms with van der Waals surface area (Å²) in [7, 11) is 3.19. The van der Waals surface area contributed by atoms with Crippen molar-refractivity contribution < 1.29 is 19.4 Å². The maximum Gasteiger partial charge on any atom is 0.320 e. The molecule has 1 unspecified atom stereocenters. The SMILES string of the molecule is COc1cc(N2CCCC2)c(OC)cc1CC(N)C(=O)O. The number of hydrogen-bond acceptors (Lipinski definition) is 5. The average molecular weight is 294 g/mol. The zero-order valence-corrected chi connectivity index (χ0v) is 12.5. The zero-order chi connectivity index (χ0) is 15.4. The van der Waals surface area contributed by atoms with E-state index in [1.807, 2.05) is 12.1 Å². The van der Waals surface area contributed by atoms with Crippen molar-refractivity contribution in [2.45, 2.75) is 25.3 Å². The lowest BCUT2D eigenvalue weighted by atomic mass is 10.0. The van der Waals surface area contributed by atoms with Crippen LogP contribution >= 0.6 is 0 Å². The van der Waals surface area contributed by atoms with Crippen molar-refractivity contribution in [3.05, 3.63) is 17.7 Å². The standard InChI is InChI=1S/C15H22N2O4/c1-20-13-9-12(17-5-3-4-6-17)14(21-2)8-10(13)7-11(16)15(18)19/h8-9,11H,3-7,16H2,1-2H3,(H,18,19). The smallest absolute Gasteiger partial charge is 0.320 e. The first-order valence-electron chi connectivity index (χ1n) is 7.05. The van der Waals surface area contributed by atoms with E-state index in [0.29, 0.717) is 5.75 Å². The Morgan fingerprint density at radius 2 is 1.90 bits per heavy atom. The summed E-state index contributed by atoms with van der Waals surface area (Å²) in [6, 6.07) is 2.78. The molecule has 1 heterocycles. The van der Waals surface area contributed by atoms with Crippen molar-refractivity contribution in [1.82, 2.24) is 0 Å². The summed E-state index contributed by atoms with van der Waals surface area (Å²) in [6.45, 7) is 1.99. The van der Waals surface area contributed by atoms with Crippen LogP contribution < -0.4 is 20.1 Å². The second kappa shape index (κ2) is 6.67. The predicted octanol–water partition coefficient (Wildman–Crippen LogP) is 1.26. The number of nitrogens with zero attached hydrogens (tertiary/aromatic N) is 1. The normalized spacial score (nSPS) is 15.9. The summed E-state index contributed by atoms with van der Waals surface area (Å²) in [5.74, 6) is 0.347. The van der Waals surface area contributed by atoms with Crippen LogP contribution in [-0.2, 0) is 11.2 Å². The summed E-state index contributed by atoms with van der Waals surface area (Å²) in [6.07, 6.45) is 2.53. The van der Waals surface area contributed by atoms with Crippen LogP contribution in [0.4, 0.5) is 5.69 Å². The second-order valence-corrected chi connectivity index (χ2v) is 5.18. The molecule has 1 saturated heterocycles. The highest BCUT2D eigenvalue weighted by Gasteiger charge is 2.21. The van der Waals surface area contributed by atoms with E-state index < -0.39 is 12.0 Å². The average Bonchev–Trinajstić information content (AvgIpc) is 3.00. The Bertz CT molecular complexity index is 513. The Kier molecular flexibility index (Phi) is 4.90. The number of benzene rings is 1. The van der Waals surface area contributed by atoms with E-state index in [0.717, 1.165) is 42.9 Å². The lowest BCUT2D eigenvalue weighted by Crippen LogP contribution is -2.32. The molecule has 1 atom stereocenters. The number of ether oxygens (including phenoxy) is 2. The summed E-state index contributed by atoms with van der Waals surface area (Å²) in [5.41, 5.74) is 7.35. The summed E-state index contributed by atoms with van der Waals surface area (Å²) >= 11 is 0. The Hall–Kier alpha value is -1.95. The number of carbonyl (C=O) groups is 1. The van der Waals surface area contributed by atoms with Gasteiger partial charge in [-0.3, -0.25) is 4.79 Å². The quantitative estimate of drug-likeness (QED) is 0.821. The molecule has 3 N–H and O–H groups in total.